The van der Waals surface area contributed by atoms with Gasteiger partial charge < -0.3 is 5.32 Å². The predicted molar refractivity (Wildman–Crippen MR) is 63.6 cm³/mol. The summed E-state index contributed by atoms with van der Waals surface area (Å²) in [6, 6.07) is -1.94. The number of piperidine rings is 1. The van der Waals surface area contributed by atoms with E-state index in [4.69, 9.17) is 0 Å². The molecule has 3 aliphatic rings. The summed E-state index contributed by atoms with van der Waals surface area (Å²) in [5.74, 6) is -0.782. The lowest BCUT2D eigenvalue weighted by Gasteiger charge is -2.35. The van der Waals surface area contributed by atoms with Gasteiger partial charge in [-0.05, 0) is 25.7 Å². The highest BCUT2D eigenvalue weighted by Crippen LogP contribution is 2.41. The first-order valence-electron chi connectivity index (χ1n) is 7.06. The Morgan fingerprint density at radius 2 is 1.60 bits per heavy atom. The molecule has 2 saturated heterocycles. The largest absolute Gasteiger partial charge is 0.403 e. The van der Waals surface area contributed by atoms with Crippen molar-refractivity contribution >= 4 is 11.8 Å². The molecule has 20 heavy (non-hydrogen) atoms. The molecule has 0 bridgehead atoms. The van der Waals surface area contributed by atoms with Gasteiger partial charge in [-0.15, -0.1) is 0 Å². The van der Waals surface area contributed by atoms with Crippen LogP contribution in [0.25, 0.3) is 0 Å². The van der Waals surface area contributed by atoms with Crippen molar-refractivity contribution in [2.75, 3.05) is 6.54 Å². The van der Waals surface area contributed by atoms with Crippen LogP contribution in [0.3, 0.4) is 0 Å². The van der Waals surface area contributed by atoms with Crippen molar-refractivity contribution in [2.45, 2.75) is 50.4 Å². The maximum Gasteiger partial charge on any atom is 0.403 e. The number of nitrogens with one attached hydrogen (secondary N) is 1. The van der Waals surface area contributed by atoms with E-state index in [1.54, 1.807) is 0 Å². The molecule has 1 aliphatic carbocycles. The molecule has 4 atom stereocenters. The van der Waals surface area contributed by atoms with Crippen molar-refractivity contribution in [3.05, 3.63) is 0 Å². The van der Waals surface area contributed by atoms with Crippen LogP contribution in [-0.4, -0.2) is 41.5 Å². The van der Waals surface area contributed by atoms with Crippen molar-refractivity contribution in [3.8, 4) is 0 Å². The maximum absolute atomic E-state index is 12.6. The zero-order valence-corrected chi connectivity index (χ0v) is 10.9. The Hall–Kier alpha value is -1.11. The number of likely N-dealkylation sites (tertiary alicyclic amines) is 1. The number of halogens is 3. The van der Waals surface area contributed by atoms with Crippen molar-refractivity contribution in [3.63, 3.8) is 0 Å². The summed E-state index contributed by atoms with van der Waals surface area (Å²) in [4.78, 5) is 25.7. The minimum Gasteiger partial charge on any atom is -0.304 e. The zero-order chi connectivity index (χ0) is 14.5. The maximum atomic E-state index is 12.6. The van der Waals surface area contributed by atoms with Gasteiger partial charge in [0.1, 0.15) is 6.04 Å². The van der Waals surface area contributed by atoms with Gasteiger partial charge in [0.25, 0.3) is 0 Å². The van der Waals surface area contributed by atoms with Crippen LogP contribution in [0.4, 0.5) is 13.2 Å². The third-order valence-electron chi connectivity index (χ3n) is 4.77. The summed E-state index contributed by atoms with van der Waals surface area (Å²) in [5, 5.41) is 2.42. The molecule has 4 unspecified atom stereocenters. The standard InChI is InChI=1S/C13H17F3N2O2/c14-13(15,16)10-5-4-7(6-17-10)18-11(19)8-2-1-3-9(8)12(18)20/h7-10,17H,1-6H2. The van der Waals surface area contributed by atoms with E-state index in [0.29, 0.717) is 0 Å². The molecular formula is C13H17F3N2O2. The molecule has 0 radical (unpaired) electrons. The molecule has 2 heterocycles. The van der Waals surface area contributed by atoms with Gasteiger partial charge in [0.2, 0.25) is 11.8 Å². The van der Waals surface area contributed by atoms with Gasteiger partial charge in [0, 0.05) is 6.54 Å². The smallest absolute Gasteiger partial charge is 0.304 e. The zero-order valence-electron chi connectivity index (χ0n) is 10.9. The van der Waals surface area contributed by atoms with Crippen molar-refractivity contribution in [1.82, 2.24) is 10.2 Å². The summed E-state index contributed by atoms with van der Waals surface area (Å²) in [7, 11) is 0. The third-order valence-corrected chi connectivity index (χ3v) is 4.77. The minimum atomic E-state index is -4.26. The monoisotopic (exact) mass is 290 g/mol. The average Bonchev–Trinajstić information content (AvgIpc) is 2.94. The second-order valence-corrected chi connectivity index (χ2v) is 5.92. The highest BCUT2D eigenvalue weighted by molar-refractivity contribution is 6.05. The summed E-state index contributed by atoms with van der Waals surface area (Å²) < 4.78 is 37.7. The van der Waals surface area contributed by atoms with Crippen LogP contribution in [0.5, 0.6) is 0 Å². The number of nitrogens with zero attached hydrogens (tertiary/aromatic N) is 1. The topological polar surface area (TPSA) is 49.4 Å². The van der Waals surface area contributed by atoms with E-state index < -0.39 is 18.3 Å². The Bertz CT molecular complexity index is 408. The average molecular weight is 290 g/mol. The number of alkyl halides is 3. The van der Waals surface area contributed by atoms with E-state index in [2.05, 4.69) is 5.32 Å². The fraction of sp³-hybridized carbons (Fsp3) is 0.846. The van der Waals surface area contributed by atoms with E-state index in [0.717, 1.165) is 19.3 Å². The molecule has 4 nitrogen and oxygen atoms in total. The Labute approximate surface area is 114 Å². The quantitative estimate of drug-likeness (QED) is 0.744. The fourth-order valence-corrected chi connectivity index (χ4v) is 3.72. The first-order valence-corrected chi connectivity index (χ1v) is 7.06. The lowest BCUT2D eigenvalue weighted by molar-refractivity contribution is -0.164. The molecule has 112 valence electrons. The molecule has 1 saturated carbocycles. The Kier molecular flexibility index (Phi) is 3.27. The molecule has 0 aromatic carbocycles. The number of imide groups is 1. The molecule has 3 rings (SSSR count). The molecule has 2 amide bonds. The summed E-state index contributed by atoms with van der Waals surface area (Å²) in [6.07, 6.45) is -1.76. The minimum absolute atomic E-state index is 0.0428. The van der Waals surface area contributed by atoms with Crippen molar-refractivity contribution in [1.29, 1.82) is 0 Å². The molecule has 0 aromatic rings. The SMILES string of the molecule is O=C1C2CCCC2C(=O)N1C1CCC(C(F)(F)F)NC1. The van der Waals surface area contributed by atoms with E-state index in [1.165, 1.54) is 4.90 Å². The molecule has 0 aromatic heterocycles. The Morgan fingerprint density at radius 3 is 2.05 bits per heavy atom. The van der Waals surface area contributed by atoms with Gasteiger partial charge in [-0.3, -0.25) is 14.5 Å². The molecule has 0 spiro atoms. The lowest BCUT2D eigenvalue weighted by Crippen LogP contribution is -2.55. The van der Waals surface area contributed by atoms with Crippen molar-refractivity contribution < 1.29 is 22.8 Å². The van der Waals surface area contributed by atoms with Gasteiger partial charge in [-0.1, -0.05) is 6.42 Å². The summed E-state index contributed by atoms with van der Waals surface area (Å²) in [5.41, 5.74) is 0. The lowest BCUT2D eigenvalue weighted by atomic mass is 9.99. The van der Waals surface area contributed by atoms with E-state index in [-0.39, 0.29) is 43.0 Å². The highest BCUT2D eigenvalue weighted by atomic mass is 19.4. The number of hydrogen-bond acceptors (Lipinski definition) is 3. The first kappa shape index (κ1) is 13.9. The van der Waals surface area contributed by atoms with Crippen LogP contribution in [-0.2, 0) is 9.59 Å². The summed E-state index contributed by atoms with van der Waals surface area (Å²) >= 11 is 0. The second-order valence-electron chi connectivity index (χ2n) is 5.92. The van der Waals surface area contributed by atoms with Gasteiger partial charge >= 0.3 is 6.18 Å². The van der Waals surface area contributed by atoms with Crippen LogP contribution in [0, 0.1) is 11.8 Å². The Balaban J connectivity index is 1.67. The molecule has 3 fully saturated rings. The number of carbonyl (C=O) groups is 2. The number of carbonyl (C=O) groups excluding carboxylic acids is 2. The van der Waals surface area contributed by atoms with Gasteiger partial charge in [-0.25, -0.2) is 0 Å². The second kappa shape index (κ2) is 4.72. The third kappa shape index (κ3) is 2.12. The van der Waals surface area contributed by atoms with E-state index in [9.17, 15) is 22.8 Å². The fourth-order valence-electron chi connectivity index (χ4n) is 3.72. The van der Waals surface area contributed by atoms with Crippen molar-refractivity contribution in [2.24, 2.45) is 11.8 Å². The Morgan fingerprint density at radius 1 is 1.00 bits per heavy atom. The predicted octanol–water partition coefficient (Wildman–Crippen LogP) is 1.45. The summed E-state index contributed by atoms with van der Waals surface area (Å²) in [6.45, 7) is 0.0428. The normalized spacial score (nSPS) is 38.5. The van der Waals surface area contributed by atoms with Gasteiger partial charge in [-0.2, -0.15) is 13.2 Å². The van der Waals surface area contributed by atoms with E-state index in [1.807, 2.05) is 0 Å². The highest BCUT2D eigenvalue weighted by Gasteiger charge is 2.53. The van der Waals surface area contributed by atoms with Gasteiger partial charge in [0.05, 0.1) is 17.9 Å². The van der Waals surface area contributed by atoms with Crippen LogP contribution < -0.4 is 5.32 Å². The van der Waals surface area contributed by atoms with Crippen LogP contribution in [0.1, 0.15) is 32.1 Å². The first-order chi connectivity index (χ1) is 9.39. The molecule has 1 N–H and O–H groups in total. The molecular weight excluding hydrogens is 273 g/mol. The number of hydrogen-bond donors (Lipinski definition) is 1. The molecule has 7 heteroatoms. The number of amides is 2. The van der Waals surface area contributed by atoms with E-state index >= 15 is 0 Å². The number of rotatable bonds is 1. The van der Waals surface area contributed by atoms with Crippen LogP contribution in [0.2, 0.25) is 0 Å². The van der Waals surface area contributed by atoms with Crippen LogP contribution in [0.15, 0.2) is 0 Å². The number of fused-ring (bicyclic) bond motifs is 1. The molecule has 2 aliphatic heterocycles. The van der Waals surface area contributed by atoms with Crippen LogP contribution >= 0.6 is 0 Å². The van der Waals surface area contributed by atoms with Gasteiger partial charge in [0.15, 0.2) is 0 Å².